The highest BCUT2D eigenvalue weighted by Crippen LogP contribution is 2.19. The molecule has 7 heteroatoms. The van der Waals surface area contributed by atoms with Crippen LogP contribution in [0, 0.1) is 6.92 Å². The van der Waals surface area contributed by atoms with E-state index in [4.69, 9.17) is 14.2 Å². The zero-order valence-corrected chi connectivity index (χ0v) is 17.0. The van der Waals surface area contributed by atoms with Gasteiger partial charge >= 0.3 is 5.97 Å². The zero-order valence-electron chi connectivity index (χ0n) is 17.0. The monoisotopic (exact) mass is 408 g/mol. The molecular formula is C23H24N2O5. The van der Waals surface area contributed by atoms with E-state index in [1.54, 1.807) is 31.2 Å². The quantitative estimate of drug-likeness (QED) is 0.432. The van der Waals surface area contributed by atoms with Crippen LogP contribution in [-0.2, 0) is 9.53 Å². The molecule has 0 fully saturated rings. The second-order valence-corrected chi connectivity index (χ2v) is 6.51. The van der Waals surface area contributed by atoms with Crippen molar-refractivity contribution in [3.05, 3.63) is 65.9 Å². The van der Waals surface area contributed by atoms with Crippen LogP contribution < -0.4 is 14.8 Å². The average molecular weight is 408 g/mol. The molecule has 0 atom stereocenters. The Morgan fingerprint density at radius 3 is 2.43 bits per heavy atom. The highest BCUT2D eigenvalue weighted by atomic mass is 16.5. The molecule has 1 amide bonds. The molecule has 0 unspecified atom stereocenters. The van der Waals surface area contributed by atoms with E-state index < -0.39 is 11.9 Å². The number of nitrogens with one attached hydrogen (secondary N) is 1. The number of carbonyl (C=O) groups excluding carboxylic acids is 2. The Labute approximate surface area is 175 Å². The number of nitrogens with zero attached hydrogens (tertiary/aromatic N) is 1. The third-order valence-electron chi connectivity index (χ3n) is 4.23. The Hall–Kier alpha value is -3.61. The average Bonchev–Trinajstić information content (AvgIpc) is 2.75. The van der Waals surface area contributed by atoms with Gasteiger partial charge in [0.1, 0.15) is 18.1 Å². The summed E-state index contributed by atoms with van der Waals surface area (Å²) in [5.74, 6) is 0.502. The maximum Gasteiger partial charge on any atom is 0.339 e. The lowest BCUT2D eigenvalue weighted by atomic mass is 10.1. The smallest absolute Gasteiger partial charge is 0.339 e. The molecule has 0 radical (unpaired) electrons. The number of hydrogen-bond acceptors (Lipinski definition) is 6. The van der Waals surface area contributed by atoms with E-state index in [-0.39, 0.29) is 6.61 Å². The molecule has 0 spiro atoms. The predicted octanol–water partition coefficient (Wildman–Crippen LogP) is 3.29. The third kappa shape index (κ3) is 5.70. The number of fused-ring (bicyclic) bond motifs is 1. The molecule has 30 heavy (non-hydrogen) atoms. The van der Waals surface area contributed by atoms with Gasteiger partial charge in [0, 0.05) is 11.1 Å². The number of esters is 1. The highest BCUT2D eigenvalue weighted by molar-refractivity contribution is 6.04. The summed E-state index contributed by atoms with van der Waals surface area (Å²) in [5.41, 5.74) is 1.81. The minimum atomic E-state index is -0.558. The molecular weight excluding hydrogens is 384 g/mol. The van der Waals surface area contributed by atoms with Crippen LogP contribution in [0.2, 0.25) is 0 Å². The molecule has 0 aliphatic rings. The fourth-order valence-corrected chi connectivity index (χ4v) is 2.89. The topological polar surface area (TPSA) is 86.8 Å². The van der Waals surface area contributed by atoms with E-state index in [0.29, 0.717) is 47.7 Å². The molecule has 2 aromatic carbocycles. The van der Waals surface area contributed by atoms with Crippen molar-refractivity contribution in [1.29, 1.82) is 0 Å². The van der Waals surface area contributed by atoms with Gasteiger partial charge in [0.15, 0.2) is 6.61 Å². The van der Waals surface area contributed by atoms with Gasteiger partial charge in [-0.15, -0.1) is 0 Å². The maximum absolute atomic E-state index is 12.4. The number of para-hydroxylation sites is 1. The predicted molar refractivity (Wildman–Crippen MR) is 113 cm³/mol. The molecule has 1 heterocycles. The molecule has 0 saturated carbocycles. The van der Waals surface area contributed by atoms with Crippen molar-refractivity contribution in [3.63, 3.8) is 0 Å². The van der Waals surface area contributed by atoms with E-state index in [9.17, 15) is 9.59 Å². The number of ether oxygens (including phenoxy) is 3. The van der Waals surface area contributed by atoms with E-state index in [0.717, 1.165) is 5.75 Å². The van der Waals surface area contributed by atoms with E-state index >= 15 is 0 Å². The Kier molecular flexibility index (Phi) is 7.21. The normalized spacial score (nSPS) is 10.5. The van der Waals surface area contributed by atoms with Gasteiger partial charge in [-0.25, -0.2) is 4.79 Å². The van der Waals surface area contributed by atoms with Crippen LogP contribution in [0.1, 0.15) is 23.0 Å². The Balaban J connectivity index is 1.43. The van der Waals surface area contributed by atoms with E-state index in [2.05, 4.69) is 10.3 Å². The van der Waals surface area contributed by atoms with Crippen LogP contribution in [-0.4, -0.2) is 43.2 Å². The number of benzene rings is 2. The first kappa shape index (κ1) is 21.1. The fraction of sp³-hybridized carbons (Fsp3) is 0.261. The van der Waals surface area contributed by atoms with Crippen molar-refractivity contribution in [2.45, 2.75) is 13.8 Å². The van der Waals surface area contributed by atoms with Gasteiger partial charge in [0.05, 0.1) is 24.2 Å². The van der Waals surface area contributed by atoms with Crippen molar-refractivity contribution >= 4 is 22.8 Å². The SMILES string of the molecule is CCOc1ccc(OCCNC(=O)COC(=O)c2cc(C)nc3ccccc23)cc1. The molecule has 7 nitrogen and oxygen atoms in total. The van der Waals surface area contributed by atoms with E-state index in [1.165, 1.54) is 0 Å². The van der Waals surface area contributed by atoms with Crippen molar-refractivity contribution < 1.29 is 23.8 Å². The molecule has 3 rings (SSSR count). The van der Waals surface area contributed by atoms with Crippen LogP contribution in [0.5, 0.6) is 11.5 Å². The third-order valence-corrected chi connectivity index (χ3v) is 4.23. The van der Waals surface area contributed by atoms with Gasteiger partial charge in [-0.3, -0.25) is 9.78 Å². The summed E-state index contributed by atoms with van der Waals surface area (Å²) in [5, 5.41) is 3.35. The molecule has 0 aliphatic heterocycles. The summed E-state index contributed by atoms with van der Waals surface area (Å²) in [7, 11) is 0. The number of pyridine rings is 1. The number of aryl methyl sites for hydroxylation is 1. The first-order chi connectivity index (χ1) is 14.6. The minimum absolute atomic E-state index is 0.293. The lowest BCUT2D eigenvalue weighted by Crippen LogP contribution is -2.32. The van der Waals surface area contributed by atoms with Crippen molar-refractivity contribution in [3.8, 4) is 11.5 Å². The lowest BCUT2D eigenvalue weighted by Gasteiger charge is -2.10. The summed E-state index contributed by atoms with van der Waals surface area (Å²) in [6.07, 6.45) is 0. The second-order valence-electron chi connectivity index (χ2n) is 6.51. The largest absolute Gasteiger partial charge is 0.494 e. The van der Waals surface area contributed by atoms with Crippen molar-refractivity contribution in [1.82, 2.24) is 10.3 Å². The first-order valence-corrected chi connectivity index (χ1v) is 9.72. The number of hydrogen-bond donors (Lipinski definition) is 1. The van der Waals surface area contributed by atoms with Crippen LogP contribution in [0.3, 0.4) is 0 Å². The van der Waals surface area contributed by atoms with Gasteiger partial charge in [0.25, 0.3) is 5.91 Å². The summed E-state index contributed by atoms with van der Waals surface area (Å²) >= 11 is 0. The van der Waals surface area contributed by atoms with Gasteiger partial charge < -0.3 is 19.5 Å². The molecule has 1 N–H and O–H groups in total. The number of carbonyl (C=O) groups is 2. The first-order valence-electron chi connectivity index (χ1n) is 9.72. The van der Waals surface area contributed by atoms with Gasteiger partial charge in [-0.2, -0.15) is 0 Å². The summed E-state index contributed by atoms with van der Waals surface area (Å²) in [6.45, 7) is 4.55. The zero-order chi connectivity index (χ0) is 21.3. The minimum Gasteiger partial charge on any atom is -0.494 e. The maximum atomic E-state index is 12.4. The summed E-state index contributed by atoms with van der Waals surface area (Å²) in [4.78, 5) is 28.8. The van der Waals surface area contributed by atoms with Crippen LogP contribution >= 0.6 is 0 Å². The number of aromatic nitrogens is 1. The lowest BCUT2D eigenvalue weighted by molar-refractivity contribution is -0.124. The van der Waals surface area contributed by atoms with Gasteiger partial charge in [0.2, 0.25) is 0 Å². The number of amides is 1. The molecule has 0 aliphatic carbocycles. The van der Waals surface area contributed by atoms with E-state index in [1.807, 2.05) is 37.3 Å². The van der Waals surface area contributed by atoms with Gasteiger partial charge in [-0.1, -0.05) is 18.2 Å². The van der Waals surface area contributed by atoms with Gasteiger partial charge in [-0.05, 0) is 50.2 Å². The highest BCUT2D eigenvalue weighted by Gasteiger charge is 2.14. The molecule has 3 aromatic rings. The molecule has 0 saturated heterocycles. The number of rotatable bonds is 9. The van der Waals surface area contributed by atoms with Crippen molar-refractivity contribution in [2.24, 2.45) is 0 Å². The summed E-state index contributed by atoms with van der Waals surface area (Å²) in [6, 6.07) is 16.2. The summed E-state index contributed by atoms with van der Waals surface area (Å²) < 4.78 is 16.1. The molecule has 0 bridgehead atoms. The Bertz CT molecular complexity index is 1020. The fourth-order valence-electron chi connectivity index (χ4n) is 2.89. The van der Waals surface area contributed by atoms with Crippen LogP contribution in [0.15, 0.2) is 54.6 Å². The Morgan fingerprint density at radius 2 is 1.70 bits per heavy atom. The Morgan fingerprint density at radius 1 is 1.00 bits per heavy atom. The van der Waals surface area contributed by atoms with Crippen LogP contribution in [0.4, 0.5) is 0 Å². The van der Waals surface area contributed by atoms with Crippen molar-refractivity contribution in [2.75, 3.05) is 26.4 Å². The molecule has 156 valence electrons. The van der Waals surface area contributed by atoms with Crippen LogP contribution in [0.25, 0.3) is 10.9 Å². The standard InChI is InChI=1S/C23H24N2O5/c1-3-28-17-8-10-18(11-9-17)29-13-12-24-22(26)15-30-23(27)20-14-16(2)25-21-7-5-4-6-19(20)21/h4-11,14H,3,12-13,15H2,1-2H3,(H,24,26). The second kappa shape index (κ2) is 10.2. The molecule has 1 aromatic heterocycles.